The van der Waals surface area contributed by atoms with Gasteiger partial charge in [-0.2, -0.15) is 0 Å². The van der Waals surface area contributed by atoms with Crippen LogP contribution in [0.2, 0.25) is 0 Å². The highest BCUT2D eigenvalue weighted by atomic mass is 16.2. The molecule has 3 nitrogen and oxygen atoms in total. The summed E-state index contributed by atoms with van der Waals surface area (Å²) in [5.41, 5.74) is 0. The van der Waals surface area contributed by atoms with Gasteiger partial charge in [-0.05, 0) is 25.8 Å². The molecule has 13 heavy (non-hydrogen) atoms. The van der Waals surface area contributed by atoms with Crippen molar-refractivity contribution in [3.8, 4) is 0 Å². The van der Waals surface area contributed by atoms with E-state index in [1.165, 1.54) is 19.3 Å². The van der Waals surface area contributed by atoms with Crippen LogP contribution >= 0.6 is 0 Å². The predicted molar refractivity (Wildman–Crippen MR) is 51.4 cm³/mol. The summed E-state index contributed by atoms with van der Waals surface area (Å²) in [5.74, 6) is 0.246. The smallest absolute Gasteiger partial charge is 0.219 e. The fourth-order valence-electron chi connectivity index (χ4n) is 2.61. The minimum atomic E-state index is 0.246. The molecule has 2 heterocycles. The molecule has 1 amide bonds. The number of hydrogen-bond acceptors (Lipinski definition) is 2. The maximum atomic E-state index is 11.3. The fourth-order valence-corrected chi connectivity index (χ4v) is 2.61. The van der Waals surface area contributed by atoms with Crippen LogP contribution in [0.4, 0.5) is 0 Å². The maximum absolute atomic E-state index is 11.3. The molecule has 2 saturated heterocycles. The molecule has 0 spiro atoms. The molecule has 0 aliphatic carbocycles. The highest BCUT2D eigenvalue weighted by Crippen LogP contribution is 2.24. The third kappa shape index (κ3) is 1.70. The Labute approximate surface area is 79.5 Å². The largest absolute Gasteiger partial charge is 0.338 e. The molecule has 0 saturated carbocycles. The van der Waals surface area contributed by atoms with E-state index in [0.717, 1.165) is 19.5 Å². The molecule has 0 aromatic rings. The van der Waals surface area contributed by atoms with Gasteiger partial charge in [-0.3, -0.25) is 4.79 Å². The van der Waals surface area contributed by atoms with Crippen molar-refractivity contribution in [2.24, 2.45) is 0 Å². The van der Waals surface area contributed by atoms with Crippen molar-refractivity contribution in [1.29, 1.82) is 0 Å². The van der Waals surface area contributed by atoms with E-state index in [4.69, 9.17) is 0 Å². The van der Waals surface area contributed by atoms with E-state index in [1.807, 2.05) is 4.90 Å². The third-order valence-corrected chi connectivity index (χ3v) is 3.28. The van der Waals surface area contributed by atoms with Crippen LogP contribution in [0, 0.1) is 0 Å². The molecule has 2 atom stereocenters. The van der Waals surface area contributed by atoms with Crippen LogP contribution in [-0.4, -0.2) is 36.0 Å². The van der Waals surface area contributed by atoms with Gasteiger partial charge in [0, 0.05) is 25.6 Å². The van der Waals surface area contributed by atoms with Crippen molar-refractivity contribution < 1.29 is 4.79 Å². The van der Waals surface area contributed by atoms with Gasteiger partial charge in [0.2, 0.25) is 5.91 Å². The van der Waals surface area contributed by atoms with Crippen LogP contribution in [0.5, 0.6) is 0 Å². The number of likely N-dealkylation sites (tertiary alicyclic amines) is 1. The zero-order chi connectivity index (χ0) is 9.26. The summed E-state index contributed by atoms with van der Waals surface area (Å²) < 4.78 is 0. The molecular weight excluding hydrogens is 164 g/mol. The molecule has 74 valence electrons. The van der Waals surface area contributed by atoms with Crippen molar-refractivity contribution in [1.82, 2.24) is 10.2 Å². The second-order valence-corrected chi connectivity index (χ2v) is 4.12. The van der Waals surface area contributed by atoms with Gasteiger partial charge in [-0.1, -0.05) is 6.42 Å². The molecule has 1 N–H and O–H groups in total. The number of hydrogen-bond donors (Lipinski definition) is 1. The van der Waals surface area contributed by atoms with Crippen LogP contribution in [-0.2, 0) is 4.79 Å². The van der Waals surface area contributed by atoms with E-state index in [9.17, 15) is 4.79 Å². The summed E-state index contributed by atoms with van der Waals surface area (Å²) in [4.78, 5) is 13.4. The molecule has 2 aliphatic rings. The summed E-state index contributed by atoms with van der Waals surface area (Å²) in [6.07, 6.45) is 4.86. The number of carbonyl (C=O) groups excluding carboxylic acids is 1. The van der Waals surface area contributed by atoms with Gasteiger partial charge >= 0.3 is 0 Å². The predicted octanol–water partition coefficient (Wildman–Crippen LogP) is 0.749. The van der Waals surface area contributed by atoms with Gasteiger partial charge in [0.05, 0.1) is 0 Å². The van der Waals surface area contributed by atoms with Gasteiger partial charge < -0.3 is 10.2 Å². The molecule has 0 unspecified atom stereocenters. The van der Waals surface area contributed by atoms with Gasteiger partial charge in [-0.15, -0.1) is 0 Å². The standard InChI is InChI=1S/C10H18N2O/c1-8(13)12-7-5-9-10(12)4-2-3-6-11-9/h9-11H,2-7H2,1H3/t9-,10-/m1/s1. The average Bonchev–Trinajstić information content (AvgIpc) is 2.36. The second kappa shape index (κ2) is 3.66. The van der Waals surface area contributed by atoms with Crippen molar-refractivity contribution in [2.45, 2.75) is 44.7 Å². The van der Waals surface area contributed by atoms with Gasteiger partial charge in [0.15, 0.2) is 0 Å². The summed E-state index contributed by atoms with van der Waals surface area (Å²) in [6, 6.07) is 1.06. The highest BCUT2D eigenvalue weighted by molar-refractivity contribution is 5.74. The third-order valence-electron chi connectivity index (χ3n) is 3.28. The summed E-state index contributed by atoms with van der Waals surface area (Å²) in [5, 5.41) is 3.53. The van der Waals surface area contributed by atoms with E-state index < -0.39 is 0 Å². The summed E-state index contributed by atoms with van der Waals surface area (Å²) in [7, 11) is 0. The normalized spacial score (nSPS) is 34.1. The summed E-state index contributed by atoms with van der Waals surface area (Å²) >= 11 is 0. The van der Waals surface area contributed by atoms with Gasteiger partial charge in [0.1, 0.15) is 0 Å². The first kappa shape index (κ1) is 9.00. The Morgan fingerprint density at radius 1 is 1.38 bits per heavy atom. The lowest BCUT2D eigenvalue weighted by molar-refractivity contribution is -0.129. The molecule has 2 fully saturated rings. The van der Waals surface area contributed by atoms with E-state index in [2.05, 4.69) is 5.32 Å². The Morgan fingerprint density at radius 2 is 2.23 bits per heavy atom. The van der Waals surface area contributed by atoms with E-state index in [1.54, 1.807) is 6.92 Å². The van der Waals surface area contributed by atoms with Gasteiger partial charge in [0.25, 0.3) is 0 Å². The lowest BCUT2D eigenvalue weighted by atomic mass is 10.1. The quantitative estimate of drug-likeness (QED) is 0.599. The Morgan fingerprint density at radius 3 is 3.00 bits per heavy atom. The second-order valence-electron chi connectivity index (χ2n) is 4.12. The van der Waals surface area contributed by atoms with Crippen molar-refractivity contribution >= 4 is 5.91 Å². The highest BCUT2D eigenvalue weighted by Gasteiger charge is 2.35. The molecule has 0 aromatic heterocycles. The van der Waals surface area contributed by atoms with Crippen molar-refractivity contribution in [2.75, 3.05) is 13.1 Å². The van der Waals surface area contributed by atoms with E-state index in [0.29, 0.717) is 12.1 Å². The summed E-state index contributed by atoms with van der Waals surface area (Å²) in [6.45, 7) is 3.78. The maximum Gasteiger partial charge on any atom is 0.219 e. The van der Waals surface area contributed by atoms with Crippen LogP contribution in [0.1, 0.15) is 32.6 Å². The number of nitrogens with zero attached hydrogens (tertiary/aromatic N) is 1. The minimum absolute atomic E-state index is 0.246. The van der Waals surface area contributed by atoms with E-state index in [-0.39, 0.29) is 5.91 Å². The Kier molecular flexibility index (Phi) is 2.54. The van der Waals surface area contributed by atoms with Crippen molar-refractivity contribution in [3.63, 3.8) is 0 Å². The molecule has 3 heteroatoms. The zero-order valence-corrected chi connectivity index (χ0v) is 8.25. The molecule has 2 rings (SSSR count). The minimum Gasteiger partial charge on any atom is -0.338 e. The Bertz CT molecular complexity index is 205. The molecular formula is C10H18N2O. The van der Waals surface area contributed by atoms with Crippen LogP contribution in [0.25, 0.3) is 0 Å². The lowest BCUT2D eigenvalue weighted by Crippen LogP contribution is -2.42. The number of carbonyl (C=O) groups is 1. The first-order valence-electron chi connectivity index (χ1n) is 5.29. The lowest BCUT2D eigenvalue weighted by Gasteiger charge is -2.25. The fraction of sp³-hybridized carbons (Fsp3) is 0.900. The average molecular weight is 182 g/mol. The molecule has 0 aromatic carbocycles. The number of amides is 1. The van der Waals surface area contributed by atoms with Crippen LogP contribution in [0.15, 0.2) is 0 Å². The Balaban J connectivity index is 2.06. The Hall–Kier alpha value is -0.570. The zero-order valence-electron chi connectivity index (χ0n) is 8.25. The number of fused-ring (bicyclic) bond motifs is 1. The first-order valence-corrected chi connectivity index (χ1v) is 5.29. The van der Waals surface area contributed by atoms with Crippen LogP contribution in [0.3, 0.4) is 0 Å². The van der Waals surface area contributed by atoms with E-state index >= 15 is 0 Å². The SMILES string of the molecule is CC(=O)N1CC[C@H]2NCCCC[C@H]21. The number of nitrogens with one attached hydrogen (secondary N) is 1. The molecule has 2 aliphatic heterocycles. The van der Waals surface area contributed by atoms with Gasteiger partial charge in [-0.25, -0.2) is 0 Å². The molecule has 0 radical (unpaired) electrons. The van der Waals surface area contributed by atoms with Crippen molar-refractivity contribution in [3.05, 3.63) is 0 Å². The monoisotopic (exact) mass is 182 g/mol. The number of rotatable bonds is 0. The van der Waals surface area contributed by atoms with Crippen LogP contribution < -0.4 is 5.32 Å². The topological polar surface area (TPSA) is 32.3 Å². The molecule has 0 bridgehead atoms. The first-order chi connectivity index (χ1) is 6.29.